The molecule has 0 atom stereocenters. The molecule has 0 spiro atoms. The number of para-hydroxylation sites is 2. The van der Waals surface area contributed by atoms with Gasteiger partial charge in [-0.25, -0.2) is 4.98 Å². The summed E-state index contributed by atoms with van der Waals surface area (Å²) in [6, 6.07) is 14.3. The van der Waals surface area contributed by atoms with Crippen LogP contribution in [0.3, 0.4) is 0 Å². The topological polar surface area (TPSA) is 19.4 Å². The second-order valence-corrected chi connectivity index (χ2v) is 5.17. The predicted octanol–water partition coefficient (Wildman–Crippen LogP) is 3.19. The van der Waals surface area contributed by atoms with Crippen molar-refractivity contribution in [2.24, 2.45) is 0 Å². The molecule has 0 saturated carbocycles. The van der Waals surface area contributed by atoms with E-state index in [-0.39, 0.29) is 0 Å². The molecule has 0 bridgehead atoms. The first-order valence-corrected chi connectivity index (χ1v) is 6.78. The molecule has 1 aromatic carbocycles. The third-order valence-electron chi connectivity index (χ3n) is 3.46. The smallest absolute Gasteiger partial charge is 0.129 e. The lowest BCUT2D eigenvalue weighted by molar-refractivity contribution is 0.725. The monoisotopic (exact) mass is 273 g/mol. The van der Waals surface area contributed by atoms with E-state index in [0.29, 0.717) is 5.15 Å². The van der Waals surface area contributed by atoms with Gasteiger partial charge in [0, 0.05) is 20.1 Å². The quantitative estimate of drug-likeness (QED) is 0.784. The number of hydrogen-bond acceptors (Lipinski definition) is 3. The van der Waals surface area contributed by atoms with E-state index < -0.39 is 0 Å². The number of nitrogens with zero attached hydrogens (tertiary/aromatic N) is 3. The van der Waals surface area contributed by atoms with Crippen LogP contribution in [0, 0.1) is 0 Å². The lowest BCUT2D eigenvalue weighted by atomic mass is 10.1. The second kappa shape index (κ2) is 5.10. The SMILES string of the molecule is CN1CCN(Cc2cccc(Cl)n2)c2ccccc21. The van der Waals surface area contributed by atoms with Gasteiger partial charge < -0.3 is 9.80 Å². The largest absolute Gasteiger partial charge is 0.371 e. The summed E-state index contributed by atoms with van der Waals surface area (Å²) in [5.41, 5.74) is 3.54. The molecule has 0 radical (unpaired) electrons. The Morgan fingerprint density at radius 3 is 2.63 bits per heavy atom. The fourth-order valence-electron chi connectivity index (χ4n) is 2.46. The fourth-order valence-corrected chi connectivity index (χ4v) is 2.65. The highest BCUT2D eigenvalue weighted by molar-refractivity contribution is 6.29. The molecule has 19 heavy (non-hydrogen) atoms. The Bertz CT molecular complexity index is 585. The summed E-state index contributed by atoms with van der Waals surface area (Å²) in [6.07, 6.45) is 0. The van der Waals surface area contributed by atoms with E-state index in [2.05, 4.69) is 46.1 Å². The fraction of sp³-hybridized carbons (Fsp3) is 0.267. The van der Waals surface area contributed by atoms with Gasteiger partial charge in [0.15, 0.2) is 0 Å². The summed E-state index contributed by atoms with van der Waals surface area (Å²) < 4.78 is 0. The van der Waals surface area contributed by atoms with Crippen molar-refractivity contribution in [2.45, 2.75) is 6.54 Å². The molecular formula is C15H16ClN3. The zero-order valence-electron chi connectivity index (χ0n) is 10.9. The molecule has 2 heterocycles. The third-order valence-corrected chi connectivity index (χ3v) is 3.68. The first-order valence-electron chi connectivity index (χ1n) is 6.40. The molecular weight excluding hydrogens is 258 g/mol. The van der Waals surface area contributed by atoms with Gasteiger partial charge in [-0.05, 0) is 24.3 Å². The van der Waals surface area contributed by atoms with Crippen LogP contribution in [0.15, 0.2) is 42.5 Å². The molecule has 1 aliphatic rings. The van der Waals surface area contributed by atoms with Crippen molar-refractivity contribution < 1.29 is 0 Å². The lowest BCUT2D eigenvalue weighted by Gasteiger charge is -2.36. The minimum Gasteiger partial charge on any atom is -0.371 e. The number of halogens is 1. The van der Waals surface area contributed by atoms with Crippen LogP contribution >= 0.6 is 11.6 Å². The van der Waals surface area contributed by atoms with Crippen LogP contribution < -0.4 is 9.80 Å². The van der Waals surface area contributed by atoms with Gasteiger partial charge in [-0.2, -0.15) is 0 Å². The second-order valence-electron chi connectivity index (χ2n) is 4.78. The Labute approximate surface area is 118 Å². The van der Waals surface area contributed by atoms with Crippen molar-refractivity contribution in [3.05, 3.63) is 53.3 Å². The van der Waals surface area contributed by atoms with Crippen LogP contribution in [0.5, 0.6) is 0 Å². The molecule has 0 amide bonds. The molecule has 98 valence electrons. The highest BCUT2D eigenvalue weighted by atomic mass is 35.5. The maximum Gasteiger partial charge on any atom is 0.129 e. The summed E-state index contributed by atoms with van der Waals surface area (Å²) in [7, 11) is 2.13. The highest BCUT2D eigenvalue weighted by Crippen LogP contribution is 2.32. The van der Waals surface area contributed by atoms with Crippen molar-refractivity contribution in [3.8, 4) is 0 Å². The molecule has 2 aromatic rings. The summed E-state index contributed by atoms with van der Waals surface area (Å²) in [4.78, 5) is 9.01. The zero-order valence-corrected chi connectivity index (χ0v) is 11.6. The summed E-state index contributed by atoms with van der Waals surface area (Å²) >= 11 is 5.95. The van der Waals surface area contributed by atoms with Crippen LogP contribution in [0.4, 0.5) is 11.4 Å². The van der Waals surface area contributed by atoms with Gasteiger partial charge in [0.2, 0.25) is 0 Å². The number of rotatable bonds is 2. The molecule has 4 heteroatoms. The van der Waals surface area contributed by atoms with Gasteiger partial charge in [0.05, 0.1) is 23.6 Å². The van der Waals surface area contributed by atoms with Crippen molar-refractivity contribution >= 4 is 23.0 Å². The lowest BCUT2D eigenvalue weighted by Crippen LogP contribution is -2.38. The summed E-state index contributed by atoms with van der Waals surface area (Å²) in [5, 5.41) is 0.555. The van der Waals surface area contributed by atoms with Crippen LogP contribution in [0.25, 0.3) is 0 Å². The number of pyridine rings is 1. The number of fused-ring (bicyclic) bond motifs is 1. The predicted molar refractivity (Wildman–Crippen MR) is 80.0 cm³/mol. The van der Waals surface area contributed by atoms with Gasteiger partial charge >= 0.3 is 0 Å². The Hall–Kier alpha value is -1.74. The first kappa shape index (κ1) is 12.3. The molecule has 3 rings (SSSR count). The Morgan fingerprint density at radius 2 is 1.84 bits per heavy atom. The normalized spacial score (nSPS) is 14.4. The van der Waals surface area contributed by atoms with Crippen molar-refractivity contribution in [2.75, 3.05) is 29.9 Å². The van der Waals surface area contributed by atoms with Gasteiger partial charge in [-0.3, -0.25) is 0 Å². The van der Waals surface area contributed by atoms with E-state index in [4.69, 9.17) is 11.6 Å². The van der Waals surface area contributed by atoms with Crippen molar-refractivity contribution in [1.82, 2.24) is 4.98 Å². The minimum absolute atomic E-state index is 0.555. The average Bonchev–Trinajstić information content (AvgIpc) is 2.42. The number of hydrogen-bond donors (Lipinski definition) is 0. The van der Waals surface area contributed by atoms with Crippen LogP contribution in [-0.4, -0.2) is 25.1 Å². The molecule has 0 saturated heterocycles. The van der Waals surface area contributed by atoms with Crippen LogP contribution in [0.1, 0.15) is 5.69 Å². The van der Waals surface area contributed by atoms with Gasteiger partial charge in [0.25, 0.3) is 0 Å². The molecule has 0 N–H and O–H groups in total. The van der Waals surface area contributed by atoms with Crippen LogP contribution in [0.2, 0.25) is 5.15 Å². The average molecular weight is 274 g/mol. The first-order chi connectivity index (χ1) is 9.24. The Balaban J connectivity index is 1.89. The van der Waals surface area contributed by atoms with Crippen molar-refractivity contribution in [1.29, 1.82) is 0 Å². The molecule has 0 unspecified atom stereocenters. The molecule has 0 fully saturated rings. The number of aromatic nitrogens is 1. The number of anilines is 2. The van der Waals surface area contributed by atoms with Gasteiger partial charge in [0.1, 0.15) is 5.15 Å². The standard InChI is InChI=1S/C15H16ClN3/c1-18-9-10-19(14-7-3-2-6-13(14)18)11-12-5-4-8-15(16)17-12/h2-8H,9-11H2,1H3. The number of benzene rings is 1. The van der Waals surface area contributed by atoms with Gasteiger partial charge in [-0.15, -0.1) is 0 Å². The van der Waals surface area contributed by atoms with Crippen LogP contribution in [-0.2, 0) is 6.54 Å². The van der Waals surface area contributed by atoms with E-state index in [1.807, 2.05) is 18.2 Å². The van der Waals surface area contributed by atoms with E-state index in [1.165, 1.54) is 11.4 Å². The molecule has 1 aromatic heterocycles. The van der Waals surface area contributed by atoms with Gasteiger partial charge in [-0.1, -0.05) is 29.8 Å². The zero-order chi connectivity index (χ0) is 13.2. The highest BCUT2D eigenvalue weighted by Gasteiger charge is 2.19. The molecule has 3 nitrogen and oxygen atoms in total. The Kier molecular flexibility index (Phi) is 3.30. The Morgan fingerprint density at radius 1 is 1.05 bits per heavy atom. The maximum atomic E-state index is 5.95. The summed E-state index contributed by atoms with van der Waals surface area (Å²) in [6.45, 7) is 2.82. The van der Waals surface area contributed by atoms with E-state index in [9.17, 15) is 0 Å². The number of likely N-dealkylation sites (N-methyl/N-ethyl adjacent to an activating group) is 1. The van der Waals surface area contributed by atoms with E-state index in [0.717, 1.165) is 25.3 Å². The maximum absolute atomic E-state index is 5.95. The minimum atomic E-state index is 0.555. The van der Waals surface area contributed by atoms with E-state index >= 15 is 0 Å². The third kappa shape index (κ3) is 2.51. The molecule has 1 aliphatic heterocycles. The van der Waals surface area contributed by atoms with E-state index in [1.54, 1.807) is 0 Å². The molecule has 0 aliphatic carbocycles. The summed E-state index contributed by atoms with van der Waals surface area (Å²) in [5.74, 6) is 0. The van der Waals surface area contributed by atoms with Crippen molar-refractivity contribution in [3.63, 3.8) is 0 Å².